The number of hydrogen-bond acceptors (Lipinski definition) is 4. The number of benzene rings is 2. The standard InChI is InChI=1S/C20H20BrN3O3/c1-12-22-18-11-15(10-16(21)19(18)24(12)3)20(26)23-17-7-5-4-6-14(17)8-9-27-13(2)25/h4-7,10-11H,8-9H2,1-3H3,(H,23,26). The summed E-state index contributed by atoms with van der Waals surface area (Å²) < 4.78 is 7.79. The Morgan fingerprint density at radius 1 is 1.26 bits per heavy atom. The van der Waals surface area contributed by atoms with Crippen molar-refractivity contribution in [3.63, 3.8) is 0 Å². The number of esters is 1. The highest BCUT2D eigenvalue weighted by molar-refractivity contribution is 9.10. The number of imidazole rings is 1. The fraction of sp³-hybridized carbons (Fsp3) is 0.250. The molecule has 1 amide bonds. The lowest BCUT2D eigenvalue weighted by Crippen LogP contribution is -2.14. The van der Waals surface area contributed by atoms with Gasteiger partial charge in [0.2, 0.25) is 0 Å². The number of halogens is 1. The minimum absolute atomic E-state index is 0.221. The van der Waals surface area contributed by atoms with Gasteiger partial charge in [0, 0.05) is 36.1 Å². The summed E-state index contributed by atoms with van der Waals surface area (Å²) in [6.45, 7) is 3.57. The van der Waals surface area contributed by atoms with Crippen molar-refractivity contribution < 1.29 is 14.3 Å². The third kappa shape index (κ3) is 4.19. The first kappa shape index (κ1) is 19.1. The van der Waals surface area contributed by atoms with Crippen LogP contribution < -0.4 is 5.32 Å². The molecule has 2 aromatic carbocycles. The second-order valence-corrected chi connectivity index (χ2v) is 7.10. The Morgan fingerprint density at radius 3 is 2.74 bits per heavy atom. The van der Waals surface area contributed by atoms with Crippen LogP contribution in [0.1, 0.15) is 28.7 Å². The number of nitrogens with one attached hydrogen (secondary N) is 1. The van der Waals surface area contributed by atoms with Crippen molar-refractivity contribution in [3.05, 3.63) is 57.8 Å². The van der Waals surface area contributed by atoms with E-state index >= 15 is 0 Å². The third-order valence-electron chi connectivity index (χ3n) is 4.35. The molecule has 3 aromatic rings. The van der Waals surface area contributed by atoms with Crippen LogP contribution in [0.3, 0.4) is 0 Å². The molecular formula is C20H20BrN3O3. The summed E-state index contributed by atoms with van der Waals surface area (Å²) in [4.78, 5) is 28.2. The molecule has 0 saturated heterocycles. The van der Waals surface area contributed by atoms with Gasteiger partial charge in [-0.3, -0.25) is 9.59 Å². The molecule has 0 fully saturated rings. The van der Waals surface area contributed by atoms with Gasteiger partial charge in [-0.15, -0.1) is 0 Å². The lowest BCUT2D eigenvalue weighted by Gasteiger charge is -2.12. The molecule has 0 aliphatic carbocycles. The van der Waals surface area contributed by atoms with E-state index in [2.05, 4.69) is 26.2 Å². The number of carbonyl (C=O) groups is 2. The predicted molar refractivity (Wildman–Crippen MR) is 108 cm³/mol. The largest absolute Gasteiger partial charge is 0.466 e. The zero-order valence-corrected chi connectivity index (χ0v) is 17.0. The fourth-order valence-corrected chi connectivity index (χ4v) is 3.62. The van der Waals surface area contributed by atoms with E-state index < -0.39 is 0 Å². The van der Waals surface area contributed by atoms with Crippen molar-refractivity contribution in [3.8, 4) is 0 Å². The first-order valence-corrected chi connectivity index (χ1v) is 9.31. The van der Waals surface area contributed by atoms with E-state index in [-0.39, 0.29) is 18.5 Å². The van der Waals surface area contributed by atoms with Gasteiger partial charge in [-0.05, 0) is 46.6 Å². The van der Waals surface area contributed by atoms with Crippen LogP contribution in [-0.2, 0) is 23.0 Å². The van der Waals surface area contributed by atoms with Gasteiger partial charge in [-0.1, -0.05) is 18.2 Å². The van der Waals surface area contributed by atoms with Crippen molar-refractivity contribution in [2.75, 3.05) is 11.9 Å². The number of nitrogens with zero attached hydrogens (tertiary/aromatic N) is 2. The number of fused-ring (bicyclic) bond motifs is 1. The molecular weight excluding hydrogens is 410 g/mol. The van der Waals surface area contributed by atoms with Gasteiger partial charge in [0.25, 0.3) is 5.91 Å². The molecule has 3 rings (SSSR count). The Hall–Kier alpha value is -2.67. The molecule has 140 valence electrons. The molecule has 0 aliphatic rings. The lowest BCUT2D eigenvalue weighted by atomic mass is 10.1. The van der Waals surface area contributed by atoms with Crippen LogP contribution in [-0.4, -0.2) is 28.0 Å². The number of aryl methyl sites for hydroxylation is 2. The summed E-state index contributed by atoms with van der Waals surface area (Å²) in [7, 11) is 1.94. The minimum atomic E-state index is -0.319. The molecule has 27 heavy (non-hydrogen) atoms. The number of anilines is 1. The summed E-state index contributed by atoms with van der Waals surface area (Å²) in [5.74, 6) is 0.334. The Balaban J connectivity index is 1.84. The van der Waals surface area contributed by atoms with Gasteiger partial charge in [0.05, 0.1) is 17.6 Å². The number of aromatic nitrogens is 2. The molecule has 1 heterocycles. The number of rotatable bonds is 5. The van der Waals surface area contributed by atoms with Gasteiger partial charge in [0.1, 0.15) is 5.82 Å². The van der Waals surface area contributed by atoms with Crippen LogP contribution in [0.4, 0.5) is 5.69 Å². The average Bonchev–Trinajstić information content (AvgIpc) is 2.90. The van der Waals surface area contributed by atoms with Crippen molar-refractivity contribution in [2.45, 2.75) is 20.3 Å². The molecule has 0 atom stereocenters. The minimum Gasteiger partial charge on any atom is -0.466 e. The summed E-state index contributed by atoms with van der Waals surface area (Å²) in [5.41, 5.74) is 3.83. The smallest absolute Gasteiger partial charge is 0.302 e. The van der Waals surface area contributed by atoms with Crippen LogP contribution in [0.15, 0.2) is 40.9 Å². The number of carbonyl (C=O) groups excluding carboxylic acids is 2. The highest BCUT2D eigenvalue weighted by Gasteiger charge is 2.15. The monoisotopic (exact) mass is 429 g/mol. The van der Waals surface area contributed by atoms with Gasteiger partial charge >= 0.3 is 5.97 Å². The van der Waals surface area contributed by atoms with Gasteiger partial charge in [-0.2, -0.15) is 0 Å². The predicted octanol–water partition coefficient (Wildman–Crippen LogP) is 4.00. The molecule has 1 aromatic heterocycles. The molecule has 0 spiro atoms. The van der Waals surface area contributed by atoms with E-state index in [1.807, 2.05) is 42.8 Å². The number of ether oxygens (including phenoxy) is 1. The van der Waals surface area contributed by atoms with Crippen molar-refractivity contribution in [1.29, 1.82) is 0 Å². The van der Waals surface area contributed by atoms with Crippen molar-refractivity contribution >= 4 is 44.5 Å². The molecule has 7 heteroatoms. The Labute approximate surface area is 165 Å². The third-order valence-corrected chi connectivity index (χ3v) is 4.96. The highest BCUT2D eigenvalue weighted by atomic mass is 79.9. The fourth-order valence-electron chi connectivity index (χ4n) is 2.90. The van der Waals surface area contributed by atoms with Crippen molar-refractivity contribution in [2.24, 2.45) is 7.05 Å². The van der Waals surface area contributed by atoms with E-state index in [4.69, 9.17) is 4.74 Å². The van der Waals surface area contributed by atoms with E-state index in [0.29, 0.717) is 17.7 Å². The Bertz CT molecular complexity index is 1030. The Morgan fingerprint density at radius 2 is 2.00 bits per heavy atom. The average molecular weight is 430 g/mol. The maximum atomic E-state index is 12.8. The zero-order valence-electron chi connectivity index (χ0n) is 15.4. The number of hydrogen-bond donors (Lipinski definition) is 1. The van der Waals surface area contributed by atoms with Crippen LogP contribution >= 0.6 is 15.9 Å². The van der Waals surface area contributed by atoms with Crippen molar-refractivity contribution in [1.82, 2.24) is 9.55 Å². The lowest BCUT2D eigenvalue weighted by molar-refractivity contribution is -0.140. The topological polar surface area (TPSA) is 73.2 Å². The molecule has 0 unspecified atom stereocenters. The molecule has 0 radical (unpaired) electrons. The second-order valence-electron chi connectivity index (χ2n) is 6.25. The first-order valence-electron chi connectivity index (χ1n) is 8.52. The van der Waals surface area contributed by atoms with Crippen LogP contribution in [0, 0.1) is 6.92 Å². The van der Waals surface area contributed by atoms with Crippen LogP contribution in [0.25, 0.3) is 11.0 Å². The number of amides is 1. The molecule has 0 bridgehead atoms. The summed E-state index contributed by atoms with van der Waals surface area (Å²) in [6, 6.07) is 11.0. The second kappa shape index (κ2) is 7.92. The van der Waals surface area contributed by atoms with Crippen LogP contribution in [0.5, 0.6) is 0 Å². The summed E-state index contributed by atoms with van der Waals surface area (Å²) in [5, 5.41) is 2.94. The summed E-state index contributed by atoms with van der Waals surface area (Å²) >= 11 is 3.54. The molecule has 0 aliphatic heterocycles. The molecule has 0 saturated carbocycles. The van der Waals surface area contributed by atoms with E-state index in [1.54, 1.807) is 12.1 Å². The SMILES string of the molecule is CC(=O)OCCc1ccccc1NC(=O)c1cc(Br)c2c(c1)nc(C)n2C. The van der Waals surface area contributed by atoms with Gasteiger partial charge in [-0.25, -0.2) is 4.98 Å². The first-order chi connectivity index (χ1) is 12.9. The molecule has 6 nitrogen and oxygen atoms in total. The van der Waals surface area contributed by atoms with Gasteiger partial charge in [0.15, 0.2) is 0 Å². The number of para-hydroxylation sites is 1. The Kier molecular flexibility index (Phi) is 5.60. The quantitative estimate of drug-likeness (QED) is 0.621. The van der Waals surface area contributed by atoms with E-state index in [9.17, 15) is 9.59 Å². The van der Waals surface area contributed by atoms with Gasteiger partial charge < -0.3 is 14.6 Å². The van der Waals surface area contributed by atoms with E-state index in [0.717, 1.165) is 26.9 Å². The maximum Gasteiger partial charge on any atom is 0.302 e. The van der Waals surface area contributed by atoms with E-state index in [1.165, 1.54) is 6.92 Å². The zero-order chi connectivity index (χ0) is 19.6. The van der Waals surface area contributed by atoms with Crippen LogP contribution in [0.2, 0.25) is 0 Å². The molecule has 1 N–H and O–H groups in total. The highest BCUT2D eigenvalue weighted by Crippen LogP contribution is 2.27. The normalized spacial score (nSPS) is 10.8. The maximum absolute atomic E-state index is 12.8. The summed E-state index contributed by atoms with van der Waals surface area (Å²) in [6.07, 6.45) is 0.526.